The van der Waals surface area contributed by atoms with E-state index in [0.717, 1.165) is 16.3 Å². The molecule has 0 saturated carbocycles. The Morgan fingerprint density at radius 1 is 1.00 bits per heavy atom. The van der Waals surface area contributed by atoms with E-state index < -0.39 is 27.6 Å². The number of amides is 1. The lowest BCUT2D eigenvalue weighted by Gasteiger charge is -2.11. The van der Waals surface area contributed by atoms with Gasteiger partial charge in [-0.1, -0.05) is 30.3 Å². The van der Waals surface area contributed by atoms with Crippen LogP contribution in [0.15, 0.2) is 84.0 Å². The third-order valence-corrected chi connectivity index (χ3v) is 7.02. The van der Waals surface area contributed by atoms with Crippen LogP contribution in [0.1, 0.15) is 16.2 Å². The first-order valence-corrected chi connectivity index (χ1v) is 13.2. The third kappa shape index (κ3) is 5.16. The van der Waals surface area contributed by atoms with Crippen molar-refractivity contribution in [1.82, 2.24) is 19.7 Å². The molecule has 9 nitrogen and oxygen atoms in total. The Balaban J connectivity index is 1.49. The number of nitrogen functional groups attached to an aromatic ring is 1. The molecule has 0 saturated heterocycles. The largest absolute Gasteiger partial charge is 0.435 e. The fourth-order valence-corrected chi connectivity index (χ4v) is 4.92. The van der Waals surface area contributed by atoms with Gasteiger partial charge in [0.25, 0.3) is 5.91 Å². The summed E-state index contributed by atoms with van der Waals surface area (Å²) in [5.41, 5.74) is 5.67. The highest BCUT2D eigenvalue weighted by Crippen LogP contribution is 2.33. The molecule has 0 spiro atoms. The van der Waals surface area contributed by atoms with Crippen LogP contribution < -0.4 is 11.1 Å². The number of anilines is 2. The van der Waals surface area contributed by atoms with Crippen molar-refractivity contribution in [3.8, 4) is 16.8 Å². The minimum Gasteiger partial charge on any atom is -0.383 e. The maximum absolute atomic E-state index is 13.5. The van der Waals surface area contributed by atoms with Gasteiger partial charge in [-0.25, -0.2) is 18.1 Å². The summed E-state index contributed by atoms with van der Waals surface area (Å²) in [4.78, 5) is 21.2. The molecule has 198 valence electrons. The summed E-state index contributed by atoms with van der Waals surface area (Å²) in [5.74, 6) is -0.859. The van der Waals surface area contributed by atoms with Crippen LogP contribution in [0.2, 0.25) is 0 Å². The molecule has 0 aliphatic carbocycles. The SMILES string of the molecule is CS(=O)(=O)c1ccccc1-c1ccc(C(=O)Nc2cc(C(F)(F)F)nn2-c2ccc3ccnc(N)c3c2)nc1. The molecule has 0 unspecified atom stereocenters. The van der Waals surface area contributed by atoms with Crippen molar-refractivity contribution in [2.75, 3.05) is 17.3 Å². The Morgan fingerprint density at radius 2 is 1.77 bits per heavy atom. The quantitative estimate of drug-likeness (QED) is 0.322. The van der Waals surface area contributed by atoms with E-state index in [0.29, 0.717) is 22.6 Å². The minimum atomic E-state index is -4.77. The molecule has 0 bridgehead atoms. The molecule has 0 atom stereocenters. The van der Waals surface area contributed by atoms with Crippen LogP contribution in [0, 0.1) is 0 Å². The van der Waals surface area contributed by atoms with Crippen molar-refractivity contribution in [2.45, 2.75) is 11.1 Å². The number of hydrogen-bond donors (Lipinski definition) is 2. The molecule has 0 fully saturated rings. The highest BCUT2D eigenvalue weighted by Gasteiger charge is 2.35. The zero-order valence-electron chi connectivity index (χ0n) is 20.1. The van der Waals surface area contributed by atoms with Crippen LogP contribution in [0.4, 0.5) is 24.8 Å². The Morgan fingerprint density at radius 3 is 2.46 bits per heavy atom. The van der Waals surface area contributed by atoms with Crippen LogP contribution in [0.3, 0.4) is 0 Å². The maximum Gasteiger partial charge on any atom is 0.435 e. The number of alkyl halides is 3. The van der Waals surface area contributed by atoms with Gasteiger partial charge in [0.15, 0.2) is 15.5 Å². The molecule has 1 amide bonds. The van der Waals surface area contributed by atoms with E-state index in [4.69, 9.17) is 5.73 Å². The molecule has 5 aromatic rings. The molecular formula is C26H19F3N6O3S. The van der Waals surface area contributed by atoms with Gasteiger partial charge in [-0.3, -0.25) is 9.78 Å². The molecular weight excluding hydrogens is 533 g/mol. The molecule has 3 N–H and O–H groups in total. The Kier molecular flexibility index (Phi) is 6.30. The van der Waals surface area contributed by atoms with E-state index in [1.807, 2.05) is 0 Å². The third-order valence-electron chi connectivity index (χ3n) is 5.86. The predicted molar refractivity (Wildman–Crippen MR) is 139 cm³/mol. The van der Waals surface area contributed by atoms with Crippen molar-refractivity contribution >= 4 is 38.2 Å². The Bertz CT molecular complexity index is 1830. The fourth-order valence-electron chi connectivity index (χ4n) is 4.01. The lowest BCUT2D eigenvalue weighted by atomic mass is 10.1. The number of nitrogens with zero attached hydrogens (tertiary/aromatic N) is 4. The number of carbonyl (C=O) groups excluding carboxylic acids is 1. The predicted octanol–water partition coefficient (Wildman–Crippen LogP) is 4.74. The van der Waals surface area contributed by atoms with Gasteiger partial charge in [-0.05, 0) is 35.7 Å². The van der Waals surface area contributed by atoms with E-state index >= 15 is 0 Å². The van der Waals surface area contributed by atoms with Crippen molar-refractivity contribution in [3.63, 3.8) is 0 Å². The minimum absolute atomic E-state index is 0.0961. The first-order chi connectivity index (χ1) is 18.4. The summed E-state index contributed by atoms with van der Waals surface area (Å²) in [5, 5.41) is 7.32. The first kappa shape index (κ1) is 25.9. The second-order valence-corrected chi connectivity index (χ2v) is 10.6. The number of nitrogens with two attached hydrogens (primary N) is 1. The van der Waals surface area contributed by atoms with Gasteiger partial charge in [0, 0.05) is 41.2 Å². The second-order valence-electron chi connectivity index (χ2n) is 8.58. The zero-order valence-corrected chi connectivity index (χ0v) is 21.0. The number of pyridine rings is 2. The van der Waals surface area contributed by atoms with E-state index in [-0.39, 0.29) is 27.9 Å². The fraction of sp³-hybridized carbons (Fsp3) is 0.0769. The average Bonchev–Trinajstić information content (AvgIpc) is 3.33. The van der Waals surface area contributed by atoms with E-state index in [1.54, 1.807) is 30.3 Å². The smallest absolute Gasteiger partial charge is 0.383 e. The van der Waals surface area contributed by atoms with Gasteiger partial charge in [0.05, 0.1) is 10.6 Å². The summed E-state index contributed by atoms with van der Waals surface area (Å²) in [7, 11) is -3.53. The lowest BCUT2D eigenvalue weighted by molar-refractivity contribution is -0.141. The van der Waals surface area contributed by atoms with Gasteiger partial charge < -0.3 is 11.1 Å². The molecule has 5 rings (SSSR count). The molecule has 0 aliphatic heterocycles. The number of sulfone groups is 1. The van der Waals surface area contributed by atoms with Gasteiger partial charge in [-0.15, -0.1) is 0 Å². The second kappa shape index (κ2) is 9.51. The number of halogens is 3. The number of carbonyl (C=O) groups is 1. The molecule has 0 radical (unpaired) electrons. The number of fused-ring (bicyclic) bond motifs is 1. The zero-order chi connectivity index (χ0) is 27.9. The monoisotopic (exact) mass is 552 g/mol. The molecule has 13 heteroatoms. The van der Waals surface area contributed by atoms with Crippen molar-refractivity contribution in [3.05, 3.63) is 90.5 Å². The normalized spacial score (nSPS) is 12.0. The van der Waals surface area contributed by atoms with E-state index in [9.17, 15) is 26.4 Å². The van der Waals surface area contributed by atoms with Crippen LogP contribution in [-0.2, 0) is 16.0 Å². The number of rotatable bonds is 5. The number of aromatic nitrogens is 4. The van der Waals surface area contributed by atoms with Crippen LogP contribution >= 0.6 is 0 Å². The van der Waals surface area contributed by atoms with Crippen molar-refractivity contribution < 1.29 is 26.4 Å². The van der Waals surface area contributed by atoms with Gasteiger partial charge in [0.1, 0.15) is 17.3 Å². The topological polar surface area (TPSA) is 133 Å². The van der Waals surface area contributed by atoms with E-state index in [1.165, 1.54) is 42.7 Å². The molecule has 39 heavy (non-hydrogen) atoms. The van der Waals surface area contributed by atoms with Gasteiger partial charge in [-0.2, -0.15) is 18.3 Å². The number of hydrogen-bond acceptors (Lipinski definition) is 7. The maximum atomic E-state index is 13.5. The number of nitrogens with one attached hydrogen (secondary N) is 1. The summed E-state index contributed by atoms with van der Waals surface area (Å²) < 4.78 is 65.8. The summed E-state index contributed by atoms with van der Waals surface area (Å²) in [6.07, 6.45) is -0.859. The number of benzene rings is 2. The van der Waals surface area contributed by atoms with Gasteiger partial charge in [0.2, 0.25) is 0 Å². The molecule has 3 heterocycles. The average molecular weight is 553 g/mol. The summed E-state index contributed by atoms with van der Waals surface area (Å²) in [6, 6.07) is 16.3. The summed E-state index contributed by atoms with van der Waals surface area (Å²) in [6.45, 7) is 0. The van der Waals surface area contributed by atoms with Crippen LogP contribution in [0.5, 0.6) is 0 Å². The summed E-state index contributed by atoms with van der Waals surface area (Å²) >= 11 is 0. The van der Waals surface area contributed by atoms with Crippen LogP contribution in [-0.4, -0.2) is 40.3 Å². The molecule has 0 aliphatic rings. The standard InChI is InChI=1S/C26H19F3N6O3S/c1-39(37,38)21-5-3-2-4-18(21)16-7-9-20(32-14-16)25(36)33-23-13-22(26(27,28)29)34-35(23)17-8-6-15-10-11-31-24(30)19(15)12-17/h2-14H,1H3,(H2,30,31)(H,33,36). The lowest BCUT2D eigenvalue weighted by Crippen LogP contribution is -2.16. The van der Waals surface area contributed by atoms with E-state index in [2.05, 4.69) is 20.4 Å². The van der Waals surface area contributed by atoms with Crippen molar-refractivity contribution in [2.24, 2.45) is 0 Å². The Labute approximate surface area is 220 Å². The van der Waals surface area contributed by atoms with Crippen LogP contribution in [0.25, 0.3) is 27.6 Å². The van der Waals surface area contributed by atoms with Crippen molar-refractivity contribution in [1.29, 1.82) is 0 Å². The first-order valence-electron chi connectivity index (χ1n) is 11.3. The molecule has 3 aromatic heterocycles. The molecule has 2 aromatic carbocycles. The Hall–Kier alpha value is -4.78. The van der Waals surface area contributed by atoms with Gasteiger partial charge >= 0.3 is 6.18 Å². The highest BCUT2D eigenvalue weighted by molar-refractivity contribution is 7.90. The highest BCUT2D eigenvalue weighted by atomic mass is 32.2.